The first-order valence-corrected chi connectivity index (χ1v) is 5.99. The summed E-state index contributed by atoms with van der Waals surface area (Å²) in [5.41, 5.74) is 7.02. The Morgan fingerprint density at radius 3 is 2.80 bits per heavy atom. The molecule has 0 bridgehead atoms. The van der Waals surface area contributed by atoms with Crippen molar-refractivity contribution in [1.29, 1.82) is 0 Å². The third-order valence-electron chi connectivity index (χ3n) is 2.75. The standard InChI is InChI=1S/C12H12N6O2/c13-10-9(15-17-18(10)6-7-19)12-14-11(16-20-12)8-4-2-1-3-5-8/h1-5,19H,6-7,13H2. The molecule has 0 radical (unpaired) electrons. The smallest absolute Gasteiger partial charge is 0.282 e. The highest BCUT2D eigenvalue weighted by Gasteiger charge is 2.18. The van der Waals surface area contributed by atoms with Crippen molar-refractivity contribution in [3.63, 3.8) is 0 Å². The number of nitrogens with two attached hydrogens (primary N) is 1. The second-order valence-corrected chi connectivity index (χ2v) is 4.06. The van der Waals surface area contributed by atoms with Crippen molar-refractivity contribution in [1.82, 2.24) is 25.1 Å². The summed E-state index contributed by atoms with van der Waals surface area (Å²) in [6.45, 7) is 0.185. The van der Waals surface area contributed by atoms with Crippen LogP contribution in [0.3, 0.4) is 0 Å². The summed E-state index contributed by atoms with van der Waals surface area (Å²) in [4.78, 5) is 4.25. The zero-order chi connectivity index (χ0) is 13.9. The molecule has 2 heterocycles. The molecule has 0 fully saturated rings. The van der Waals surface area contributed by atoms with Gasteiger partial charge in [0.1, 0.15) is 0 Å². The molecule has 0 aliphatic rings. The number of hydrogen-bond acceptors (Lipinski definition) is 7. The van der Waals surface area contributed by atoms with Crippen molar-refractivity contribution in [2.24, 2.45) is 0 Å². The number of aromatic nitrogens is 5. The van der Waals surface area contributed by atoms with E-state index in [-0.39, 0.29) is 24.9 Å². The molecule has 0 spiro atoms. The first-order chi connectivity index (χ1) is 9.79. The van der Waals surface area contributed by atoms with Gasteiger partial charge in [0.15, 0.2) is 11.5 Å². The maximum absolute atomic E-state index is 8.88. The fourth-order valence-electron chi connectivity index (χ4n) is 1.76. The molecule has 2 aromatic heterocycles. The van der Waals surface area contributed by atoms with E-state index in [4.69, 9.17) is 15.4 Å². The molecule has 1 aromatic carbocycles. The van der Waals surface area contributed by atoms with E-state index >= 15 is 0 Å². The van der Waals surface area contributed by atoms with Gasteiger partial charge in [0.2, 0.25) is 5.82 Å². The molecule has 8 nitrogen and oxygen atoms in total. The number of nitrogens with zero attached hydrogens (tertiary/aromatic N) is 5. The number of aliphatic hydroxyl groups is 1. The Morgan fingerprint density at radius 2 is 2.05 bits per heavy atom. The van der Waals surface area contributed by atoms with Crippen molar-refractivity contribution >= 4 is 5.82 Å². The maximum Gasteiger partial charge on any atom is 0.282 e. The number of anilines is 1. The Balaban J connectivity index is 1.94. The number of rotatable bonds is 4. The van der Waals surface area contributed by atoms with Gasteiger partial charge in [-0.1, -0.05) is 40.7 Å². The fraction of sp³-hybridized carbons (Fsp3) is 0.167. The molecule has 102 valence electrons. The molecular weight excluding hydrogens is 260 g/mol. The van der Waals surface area contributed by atoms with Crippen molar-refractivity contribution in [2.45, 2.75) is 6.54 Å². The Bertz CT molecular complexity index is 706. The lowest BCUT2D eigenvalue weighted by atomic mass is 10.2. The number of hydrogen-bond donors (Lipinski definition) is 2. The van der Waals surface area contributed by atoms with Gasteiger partial charge in [0.25, 0.3) is 5.89 Å². The predicted molar refractivity (Wildman–Crippen MR) is 70.2 cm³/mol. The highest BCUT2D eigenvalue weighted by Crippen LogP contribution is 2.24. The van der Waals surface area contributed by atoms with Crippen LogP contribution in [0.15, 0.2) is 34.9 Å². The van der Waals surface area contributed by atoms with Gasteiger partial charge in [-0.3, -0.25) is 0 Å². The average Bonchev–Trinajstić information content (AvgIpc) is 3.08. The van der Waals surface area contributed by atoms with Crippen molar-refractivity contribution in [2.75, 3.05) is 12.3 Å². The first-order valence-electron chi connectivity index (χ1n) is 5.99. The van der Waals surface area contributed by atoms with Gasteiger partial charge in [0.05, 0.1) is 13.2 Å². The quantitative estimate of drug-likeness (QED) is 0.713. The molecule has 0 amide bonds. The van der Waals surface area contributed by atoms with Crippen LogP contribution in [0.5, 0.6) is 0 Å². The molecule has 8 heteroatoms. The normalized spacial score (nSPS) is 10.8. The van der Waals surface area contributed by atoms with Crippen molar-refractivity contribution < 1.29 is 9.63 Å². The summed E-state index contributed by atoms with van der Waals surface area (Å²) >= 11 is 0. The summed E-state index contributed by atoms with van der Waals surface area (Å²) in [5.74, 6) is 0.935. The highest BCUT2D eigenvalue weighted by atomic mass is 16.5. The Morgan fingerprint density at radius 1 is 1.25 bits per heavy atom. The van der Waals surface area contributed by atoms with Crippen LogP contribution in [0, 0.1) is 0 Å². The largest absolute Gasteiger partial charge is 0.394 e. The number of aliphatic hydroxyl groups excluding tert-OH is 1. The summed E-state index contributed by atoms with van der Waals surface area (Å²) in [6, 6.07) is 9.43. The third kappa shape index (κ3) is 2.12. The minimum atomic E-state index is -0.0773. The van der Waals surface area contributed by atoms with Crippen LogP contribution >= 0.6 is 0 Å². The minimum absolute atomic E-state index is 0.0773. The molecule has 0 aliphatic carbocycles. The second kappa shape index (κ2) is 5.10. The van der Waals surface area contributed by atoms with E-state index < -0.39 is 0 Å². The number of benzene rings is 1. The molecule has 0 saturated heterocycles. The Kier molecular flexibility index (Phi) is 3.13. The third-order valence-corrected chi connectivity index (χ3v) is 2.75. The zero-order valence-electron chi connectivity index (χ0n) is 10.5. The SMILES string of the molecule is Nc1c(-c2nc(-c3ccccc3)no2)nnn1CCO. The molecule has 0 saturated carbocycles. The molecule has 0 atom stereocenters. The van der Waals surface area contributed by atoms with Gasteiger partial charge in [-0.05, 0) is 0 Å². The fourth-order valence-corrected chi connectivity index (χ4v) is 1.76. The van der Waals surface area contributed by atoms with E-state index in [9.17, 15) is 0 Å². The molecule has 3 rings (SSSR count). The van der Waals surface area contributed by atoms with Gasteiger partial charge < -0.3 is 15.4 Å². The van der Waals surface area contributed by atoms with Gasteiger partial charge in [-0.15, -0.1) is 5.10 Å². The topological polar surface area (TPSA) is 116 Å². The van der Waals surface area contributed by atoms with Crippen molar-refractivity contribution in [3.05, 3.63) is 30.3 Å². The molecule has 3 aromatic rings. The van der Waals surface area contributed by atoms with Crippen LogP contribution in [0.2, 0.25) is 0 Å². The van der Waals surface area contributed by atoms with Crippen LogP contribution in [-0.2, 0) is 6.54 Å². The lowest BCUT2D eigenvalue weighted by Gasteiger charge is -1.97. The zero-order valence-corrected chi connectivity index (χ0v) is 10.5. The Hall–Kier alpha value is -2.74. The van der Waals surface area contributed by atoms with Gasteiger partial charge in [0, 0.05) is 5.56 Å². The first kappa shape index (κ1) is 12.3. The van der Waals surface area contributed by atoms with Crippen LogP contribution in [0.4, 0.5) is 5.82 Å². The van der Waals surface area contributed by atoms with Crippen LogP contribution < -0.4 is 5.73 Å². The minimum Gasteiger partial charge on any atom is -0.394 e. The second-order valence-electron chi connectivity index (χ2n) is 4.06. The van der Waals surface area contributed by atoms with E-state index in [1.54, 1.807) is 0 Å². The molecule has 0 unspecified atom stereocenters. The van der Waals surface area contributed by atoms with Crippen LogP contribution in [-0.4, -0.2) is 36.8 Å². The highest BCUT2D eigenvalue weighted by molar-refractivity contribution is 5.64. The Labute approximate surface area is 113 Å². The lowest BCUT2D eigenvalue weighted by Crippen LogP contribution is -2.07. The predicted octanol–water partition coefficient (Wildman–Crippen LogP) is 0.570. The summed E-state index contributed by atoms with van der Waals surface area (Å²) in [6.07, 6.45) is 0. The summed E-state index contributed by atoms with van der Waals surface area (Å²) in [5, 5.41) is 20.5. The van der Waals surface area contributed by atoms with Crippen LogP contribution in [0.1, 0.15) is 0 Å². The molecule has 0 aliphatic heterocycles. The van der Waals surface area contributed by atoms with Gasteiger partial charge in [-0.25, -0.2) is 4.68 Å². The van der Waals surface area contributed by atoms with Crippen LogP contribution in [0.25, 0.3) is 23.0 Å². The lowest BCUT2D eigenvalue weighted by molar-refractivity contribution is 0.269. The van der Waals surface area contributed by atoms with E-state index in [0.29, 0.717) is 11.5 Å². The van der Waals surface area contributed by atoms with E-state index in [2.05, 4.69) is 20.5 Å². The van der Waals surface area contributed by atoms with Gasteiger partial charge >= 0.3 is 0 Å². The molecule has 3 N–H and O–H groups in total. The maximum atomic E-state index is 8.88. The van der Waals surface area contributed by atoms with Crippen molar-refractivity contribution in [3.8, 4) is 23.0 Å². The van der Waals surface area contributed by atoms with E-state index in [1.165, 1.54) is 4.68 Å². The average molecular weight is 272 g/mol. The van der Waals surface area contributed by atoms with E-state index in [1.807, 2.05) is 30.3 Å². The summed E-state index contributed by atoms with van der Waals surface area (Å²) in [7, 11) is 0. The van der Waals surface area contributed by atoms with Gasteiger partial charge in [-0.2, -0.15) is 4.98 Å². The summed E-state index contributed by atoms with van der Waals surface area (Å²) < 4.78 is 6.53. The molecular formula is C12H12N6O2. The molecule has 20 heavy (non-hydrogen) atoms. The van der Waals surface area contributed by atoms with E-state index in [0.717, 1.165) is 5.56 Å². The monoisotopic (exact) mass is 272 g/mol. The number of nitrogen functional groups attached to an aromatic ring is 1.